The minimum atomic E-state index is -0.490. The van der Waals surface area contributed by atoms with Gasteiger partial charge in [0.15, 0.2) is 17.0 Å². The van der Waals surface area contributed by atoms with Crippen molar-refractivity contribution in [3.63, 3.8) is 0 Å². The van der Waals surface area contributed by atoms with E-state index in [9.17, 15) is 5.11 Å². The molecule has 3 aromatic rings. The van der Waals surface area contributed by atoms with Crippen LogP contribution in [-0.4, -0.2) is 37.3 Å². The lowest BCUT2D eigenvalue weighted by Crippen LogP contribution is -2.17. The van der Waals surface area contributed by atoms with Crippen LogP contribution in [-0.2, 0) is 13.1 Å². The van der Waals surface area contributed by atoms with Gasteiger partial charge in [0, 0.05) is 25.3 Å². The van der Waals surface area contributed by atoms with E-state index in [2.05, 4.69) is 25.6 Å². The van der Waals surface area contributed by atoms with Gasteiger partial charge in [-0.3, -0.25) is 0 Å². The van der Waals surface area contributed by atoms with Crippen molar-refractivity contribution in [1.82, 2.24) is 19.5 Å². The Morgan fingerprint density at radius 2 is 2.04 bits per heavy atom. The Bertz CT molecular complexity index is 859. The molecule has 0 aliphatic rings. The number of rotatable bonds is 7. The number of anilines is 3. The first-order valence-corrected chi connectivity index (χ1v) is 8.30. The molecule has 8 heteroatoms. The Morgan fingerprint density at radius 3 is 2.76 bits per heavy atom. The Hall–Kier alpha value is -2.87. The van der Waals surface area contributed by atoms with Crippen molar-refractivity contribution >= 4 is 28.6 Å². The van der Waals surface area contributed by atoms with E-state index in [1.54, 1.807) is 13.3 Å². The highest BCUT2D eigenvalue weighted by atomic mass is 16.3. The molecule has 132 valence electrons. The van der Waals surface area contributed by atoms with Gasteiger partial charge >= 0.3 is 0 Å². The van der Waals surface area contributed by atoms with Crippen LogP contribution in [0.25, 0.3) is 11.2 Å². The van der Waals surface area contributed by atoms with Gasteiger partial charge in [0.2, 0.25) is 5.95 Å². The second-order valence-electron chi connectivity index (χ2n) is 5.88. The quantitative estimate of drug-likeness (QED) is 0.485. The summed E-state index contributed by atoms with van der Waals surface area (Å²) in [5.41, 5.74) is 9.17. The number of imidazole rings is 1. The molecule has 0 bridgehead atoms. The van der Waals surface area contributed by atoms with Gasteiger partial charge in [-0.05, 0) is 25.5 Å². The summed E-state index contributed by atoms with van der Waals surface area (Å²) in [6, 6.07) is 7.69. The number of fused-ring (bicyclic) bond motifs is 1. The van der Waals surface area contributed by atoms with E-state index >= 15 is 0 Å². The van der Waals surface area contributed by atoms with Crippen LogP contribution in [0.4, 0.5) is 17.5 Å². The minimum Gasteiger partial charge on any atom is -0.398 e. The third-order valence-electron chi connectivity index (χ3n) is 3.86. The number of aliphatic hydroxyl groups is 1. The lowest BCUT2D eigenvalue weighted by Gasteiger charge is -2.12. The van der Waals surface area contributed by atoms with Gasteiger partial charge in [0.25, 0.3) is 0 Å². The summed E-state index contributed by atoms with van der Waals surface area (Å²) >= 11 is 0. The summed E-state index contributed by atoms with van der Waals surface area (Å²) in [4.78, 5) is 13.4. The highest BCUT2D eigenvalue weighted by Crippen LogP contribution is 2.22. The number of aliphatic hydroxyl groups excluding tert-OH is 1. The van der Waals surface area contributed by atoms with E-state index in [1.165, 1.54) is 0 Å². The van der Waals surface area contributed by atoms with Crippen molar-refractivity contribution in [2.75, 3.05) is 22.9 Å². The van der Waals surface area contributed by atoms with Crippen LogP contribution in [0.15, 0.2) is 30.6 Å². The average Bonchev–Trinajstić information content (AvgIpc) is 3.02. The van der Waals surface area contributed by atoms with Crippen molar-refractivity contribution in [3.8, 4) is 0 Å². The number of nitrogens with two attached hydrogens (primary N) is 1. The fourth-order valence-electron chi connectivity index (χ4n) is 2.49. The van der Waals surface area contributed by atoms with Crippen molar-refractivity contribution < 1.29 is 5.11 Å². The number of hydrogen-bond acceptors (Lipinski definition) is 7. The van der Waals surface area contributed by atoms with E-state index in [0.29, 0.717) is 30.4 Å². The molecule has 2 heterocycles. The predicted molar refractivity (Wildman–Crippen MR) is 99.3 cm³/mol. The highest BCUT2D eigenvalue weighted by molar-refractivity contribution is 5.84. The van der Waals surface area contributed by atoms with E-state index in [0.717, 1.165) is 23.4 Å². The van der Waals surface area contributed by atoms with Gasteiger partial charge in [0.1, 0.15) is 0 Å². The summed E-state index contributed by atoms with van der Waals surface area (Å²) in [6.45, 7) is 5.40. The molecule has 0 aliphatic heterocycles. The van der Waals surface area contributed by atoms with Gasteiger partial charge in [0.05, 0.1) is 12.4 Å². The van der Waals surface area contributed by atoms with E-state index in [4.69, 9.17) is 5.73 Å². The monoisotopic (exact) mass is 341 g/mol. The number of aryl methyl sites for hydroxylation is 1. The van der Waals surface area contributed by atoms with E-state index in [-0.39, 0.29) is 0 Å². The molecular formula is C17H23N7O. The second kappa shape index (κ2) is 7.35. The molecule has 8 nitrogen and oxygen atoms in total. The maximum absolute atomic E-state index is 9.47. The number of nitrogens with zero attached hydrogens (tertiary/aromatic N) is 4. The second-order valence-corrected chi connectivity index (χ2v) is 5.88. The summed E-state index contributed by atoms with van der Waals surface area (Å²) < 4.78 is 1.95. The zero-order valence-electron chi connectivity index (χ0n) is 14.4. The standard InChI is InChI=1S/C17H23N7O/c1-3-24-10-21-14-15(19-9-12-6-4-5-7-13(12)18)22-17(23-16(14)24)20-8-11(2)25/h4-7,10-11,25H,3,8-9,18H2,1-2H3,(H2,19,20,22,23). The predicted octanol–water partition coefficient (Wildman–Crippen LogP) is 1.83. The molecule has 1 unspecified atom stereocenters. The molecular weight excluding hydrogens is 318 g/mol. The first-order chi connectivity index (χ1) is 12.1. The smallest absolute Gasteiger partial charge is 0.226 e. The zero-order chi connectivity index (χ0) is 17.8. The van der Waals surface area contributed by atoms with Crippen LogP contribution in [0.1, 0.15) is 19.4 Å². The van der Waals surface area contributed by atoms with Crippen molar-refractivity contribution in [3.05, 3.63) is 36.2 Å². The SMILES string of the molecule is CCn1cnc2c(NCc3ccccc3N)nc(NCC(C)O)nc21. The molecule has 0 saturated heterocycles. The van der Waals surface area contributed by atoms with Crippen LogP contribution in [0.2, 0.25) is 0 Å². The molecule has 25 heavy (non-hydrogen) atoms. The van der Waals surface area contributed by atoms with Crippen LogP contribution in [0.5, 0.6) is 0 Å². The Balaban J connectivity index is 1.91. The number of nitrogen functional groups attached to an aromatic ring is 1. The van der Waals surface area contributed by atoms with Gasteiger partial charge < -0.3 is 26.0 Å². The van der Waals surface area contributed by atoms with Crippen LogP contribution >= 0.6 is 0 Å². The number of nitrogens with one attached hydrogen (secondary N) is 2. The summed E-state index contributed by atoms with van der Waals surface area (Å²) in [7, 11) is 0. The Labute approximate surface area is 146 Å². The zero-order valence-corrected chi connectivity index (χ0v) is 14.4. The molecule has 1 atom stereocenters. The number of aromatic nitrogens is 4. The Kier molecular flexibility index (Phi) is 4.99. The normalized spacial score (nSPS) is 12.3. The third-order valence-corrected chi connectivity index (χ3v) is 3.86. The molecule has 0 fully saturated rings. The largest absolute Gasteiger partial charge is 0.398 e. The molecule has 0 spiro atoms. The highest BCUT2D eigenvalue weighted by Gasteiger charge is 2.13. The molecule has 1 aromatic carbocycles. The number of para-hydroxylation sites is 1. The maximum Gasteiger partial charge on any atom is 0.226 e. The van der Waals surface area contributed by atoms with Gasteiger partial charge in [-0.1, -0.05) is 18.2 Å². The van der Waals surface area contributed by atoms with E-state index < -0.39 is 6.10 Å². The minimum absolute atomic E-state index is 0.372. The lowest BCUT2D eigenvalue weighted by molar-refractivity contribution is 0.208. The average molecular weight is 341 g/mol. The fourth-order valence-corrected chi connectivity index (χ4v) is 2.49. The van der Waals surface area contributed by atoms with Crippen molar-refractivity contribution in [2.24, 2.45) is 0 Å². The molecule has 2 aromatic heterocycles. The van der Waals surface area contributed by atoms with E-state index in [1.807, 2.05) is 35.8 Å². The molecule has 0 saturated carbocycles. The van der Waals surface area contributed by atoms with Crippen LogP contribution in [0.3, 0.4) is 0 Å². The number of benzene rings is 1. The number of hydrogen-bond donors (Lipinski definition) is 4. The van der Waals surface area contributed by atoms with Gasteiger partial charge in [-0.25, -0.2) is 4.98 Å². The third kappa shape index (κ3) is 3.80. The first kappa shape index (κ1) is 17.0. The molecule has 0 amide bonds. The fraction of sp³-hybridized carbons (Fsp3) is 0.353. The summed E-state index contributed by atoms with van der Waals surface area (Å²) in [5, 5.41) is 15.8. The molecule has 0 aliphatic carbocycles. The molecule has 3 rings (SSSR count). The Morgan fingerprint density at radius 1 is 1.24 bits per heavy atom. The summed E-state index contributed by atoms with van der Waals surface area (Å²) in [6.07, 6.45) is 1.26. The topological polar surface area (TPSA) is 114 Å². The first-order valence-electron chi connectivity index (χ1n) is 8.30. The van der Waals surface area contributed by atoms with Gasteiger partial charge in [-0.15, -0.1) is 0 Å². The van der Waals surface area contributed by atoms with Gasteiger partial charge in [-0.2, -0.15) is 9.97 Å². The van der Waals surface area contributed by atoms with Crippen molar-refractivity contribution in [1.29, 1.82) is 0 Å². The van der Waals surface area contributed by atoms with Crippen molar-refractivity contribution in [2.45, 2.75) is 33.0 Å². The lowest BCUT2D eigenvalue weighted by atomic mass is 10.2. The summed E-state index contributed by atoms with van der Waals surface area (Å²) in [5.74, 6) is 1.08. The molecule has 0 radical (unpaired) electrons. The van der Waals surface area contributed by atoms with Crippen LogP contribution < -0.4 is 16.4 Å². The maximum atomic E-state index is 9.47. The molecule has 5 N–H and O–H groups in total. The van der Waals surface area contributed by atoms with Crippen LogP contribution in [0, 0.1) is 0 Å².